The summed E-state index contributed by atoms with van der Waals surface area (Å²) in [6.45, 7) is 7.68. The molecular formula is C14H28FNO. The average molecular weight is 245 g/mol. The lowest BCUT2D eigenvalue weighted by Gasteiger charge is -2.43. The summed E-state index contributed by atoms with van der Waals surface area (Å²) in [4.78, 5) is 0. The van der Waals surface area contributed by atoms with E-state index in [1.165, 1.54) is 12.8 Å². The van der Waals surface area contributed by atoms with E-state index in [-0.39, 0.29) is 12.3 Å². The Labute approximate surface area is 105 Å². The first-order chi connectivity index (χ1) is 7.93. The third-order valence-corrected chi connectivity index (χ3v) is 4.18. The van der Waals surface area contributed by atoms with Gasteiger partial charge in [-0.05, 0) is 43.4 Å². The third kappa shape index (κ3) is 4.22. The van der Waals surface area contributed by atoms with Crippen molar-refractivity contribution in [2.24, 2.45) is 17.1 Å². The fourth-order valence-electron chi connectivity index (χ4n) is 2.76. The number of nitrogens with two attached hydrogens (primary N) is 1. The van der Waals surface area contributed by atoms with Crippen molar-refractivity contribution in [1.29, 1.82) is 0 Å². The van der Waals surface area contributed by atoms with Crippen LogP contribution < -0.4 is 5.73 Å². The van der Waals surface area contributed by atoms with Crippen LogP contribution in [0.3, 0.4) is 0 Å². The second kappa shape index (κ2) is 6.14. The zero-order chi connectivity index (χ0) is 12.9. The molecule has 1 saturated carbocycles. The van der Waals surface area contributed by atoms with E-state index in [1.54, 1.807) is 0 Å². The molecule has 102 valence electrons. The zero-order valence-electron chi connectivity index (χ0n) is 11.6. The van der Waals surface area contributed by atoms with Crippen LogP contribution in [0.5, 0.6) is 0 Å². The minimum Gasteiger partial charge on any atom is -0.374 e. The quantitative estimate of drug-likeness (QED) is 0.754. The number of hydrogen-bond acceptors (Lipinski definition) is 2. The first-order valence-corrected chi connectivity index (χ1v) is 6.83. The molecule has 0 aromatic rings. The molecule has 0 amide bonds. The van der Waals surface area contributed by atoms with Crippen molar-refractivity contribution in [2.75, 3.05) is 19.8 Å². The molecular weight excluding hydrogens is 217 g/mol. The predicted molar refractivity (Wildman–Crippen MR) is 69.7 cm³/mol. The first-order valence-electron chi connectivity index (χ1n) is 6.83. The maximum absolute atomic E-state index is 12.1. The SMILES string of the molecule is CC(C)(C)C1CCC(CN)(OCCCF)CC1. The highest BCUT2D eigenvalue weighted by Crippen LogP contribution is 2.42. The Balaban J connectivity index is 2.45. The van der Waals surface area contributed by atoms with E-state index in [0.717, 1.165) is 18.8 Å². The standard InChI is InChI=1S/C14H28FNO/c1-13(2,3)12-5-7-14(11-16,8-6-12)17-10-4-9-15/h12H,4-11,16H2,1-3H3. The van der Waals surface area contributed by atoms with Gasteiger partial charge in [0, 0.05) is 13.2 Å². The van der Waals surface area contributed by atoms with Gasteiger partial charge in [0.2, 0.25) is 0 Å². The van der Waals surface area contributed by atoms with E-state index in [9.17, 15) is 4.39 Å². The van der Waals surface area contributed by atoms with E-state index in [0.29, 0.717) is 25.0 Å². The van der Waals surface area contributed by atoms with Crippen LogP contribution in [0, 0.1) is 11.3 Å². The molecule has 0 aromatic carbocycles. The van der Waals surface area contributed by atoms with Crippen LogP contribution in [0.4, 0.5) is 4.39 Å². The van der Waals surface area contributed by atoms with Gasteiger partial charge in [-0.1, -0.05) is 20.8 Å². The van der Waals surface area contributed by atoms with Crippen molar-refractivity contribution in [3.8, 4) is 0 Å². The summed E-state index contributed by atoms with van der Waals surface area (Å²) in [5, 5.41) is 0. The number of ether oxygens (including phenoxy) is 1. The minimum absolute atomic E-state index is 0.170. The van der Waals surface area contributed by atoms with Crippen LogP contribution in [-0.4, -0.2) is 25.4 Å². The zero-order valence-corrected chi connectivity index (χ0v) is 11.6. The number of hydrogen-bond donors (Lipinski definition) is 1. The van der Waals surface area contributed by atoms with Crippen LogP contribution in [0.15, 0.2) is 0 Å². The molecule has 0 heterocycles. The highest BCUT2D eigenvalue weighted by molar-refractivity contribution is 4.91. The molecule has 0 aliphatic heterocycles. The summed E-state index contributed by atoms with van der Waals surface area (Å²) in [6.07, 6.45) is 4.90. The summed E-state index contributed by atoms with van der Waals surface area (Å²) in [7, 11) is 0. The van der Waals surface area contributed by atoms with Gasteiger partial charge < -0.3 is 10.5 Å². The van der Waals surface area contributed by atoms with Gasteiger partial charge in [-0.25, -0.2) is 0 Å². The number of rotatable bonds is 5. The molecule has 0 unspecified atom stereocenters. The fourth-order valence-corrected chi connectivity index (χ4v) is 2.76. The van der Waals surface area contributed by atoms with E-state index >= 15 is 0 Å². The van der Waals surface area contributed by atoms with Crippen molar-refractivity contribution in [2.45, 2.75) is 58.5 Å². The maximum Gasteiger partial charge on any atom is 0.0916 e. The average Bonchev–Trinajstić information content (AvgIpc) is 2.29. The van der Waals surface area contributed by atoms with Crippen LogP contribution in [-0.2, 0) is 4.74 Å². The van der Waals surface area contributed by atoms with Crippen LogP contribution in [0.2, 0.25) is 0 Å². The first kappa shape index (κ1) is 14.9. The van der Waals surface area contributed by atoms with Gasteiger partial charge in [0.1, 0.15) is 0 Å². The number of halogens is 1. The second-order valence-electron chi connectivity index (χ2n) is 6.42. The van der Waals surface area contributed by atoms with Gasteiger partial charge in [-0.3, -0.25) is 4.39 Å². The normalized spacial score (nSPS) is 30.5. The Morgan fingerprint density at radius 2 is 1.88 bits per heavy atom. The highest BCUT2D eigenvalue weighted by atomic mass is 19.1. The summed E-state index contributed by atoms with van der Waals surface area (Å²) >= 11 is 0. The molecule has 0 atom stereocenters. The van der Waals surface area contributed by atoms with Gasteiger partial charge >= 0.3 is 0 Å². The van der Waals surface area contributed by atoms with Crippen LogP contribution >= 0.6 is 0 Å². The largest absolute Gasteiger partial charge is 0.374 e. The summed E-state index contributed by atoms with van der Waals surface area (Å²) in [5.74, 6) is 0.756. The molecule has 0 saturated heterocycles. The summed E-state index contributed by atoms with van der Waals surface area (Å²) in [5.41, 5.74) is 6.06. The smallest absolute Gasteiger partial charge is 0.0916 e. The lowest BCUT2D eigenvalue weighted by Crippen LogP contribution is -2.45. The fraction of sp³-hybridized carbons (Fsp3) is 1.00. The second-order valence-corrected chi connectivity index (χ2v) is 6.42. The predicted octanol–water partition coefficient (Wildman–Crippen LogP) is 3.30. The van der Waals surface area contributed by atoms with Crippen LogP contribution in [0.25, 0.3) is 0 Å². The molecule has 1 aliphatic carbocycles. The van der Waals surface area contributed by atoms with Crippen LogP contribution in [0.1, 0.15) is 52.9 Å². The monoisotopic (exact) mass is 245 g/mol. The van der Waals surface area contributed by atoms with Crippen molar-refractivity contribution in [3.63, 3.8) is 0 Å². The highest BCUT2D eigenvalue weighted by Gasteiger charge is 2.38. The Morgan fingerprint density at radius 3 is 2.29 bits per heavy atom. The van der Waals surface area contributed by atoms with Gasteiger partial charge in [-0.15, -0.1) is 0 Å². The van der Waals surface area contributed by atoms with E-state index in [4.69, 9.17) is 10.5 Å². The Bertz CT molecular complexity index is 217. The molecule has 3 heteroatoms. The van der Waals surface area contributed by atoms with Gasteiger partial charge in [0.25, 0.3) is 0 Å². The van der Waals surface area contributed by atoms with E-state index < -0.39 is 0 Å². The topological polar surface area (TPSA) is 35.2 Å². The minimum atomic E-state index is -0.300. The molecule has 0 radical (unpaired) electrons. The molecule has 2 nitrogen and oxygen atoms in total. The Kier molecular flexibility index (Phi) is 5.39. The lowest BCUT2D eigenvalue weighted by atomic mass is 9.68. The molecule has 0 aromatic heterocycles. The molecule has 1 rings (SSSR count). The number of alkyl halides is 1. The van der Waals surface area contributed by atoms with Gasteiger partial charge in [-0.2, -0.15) is 0 Å². The van der Waals surface area contributed by atoms with Gasteiger partial charge in [0.05, 0.1) is 12.3 Å². The molecule has 17 heavy (non-hydrogen) atoms. The third-order valence-electron chi connectivity index (χ3n) is 4.18. The molecule has 0 spiro atoms. The van der Waals surface area contributed by atoms with E-state index in [1.807, 2.05) is 0 Å². The summed E-state index contributed by atoms with van der Waals surface area (Å²) in [6, 6.07) is 0. The van der Waals surface area contributed by atoms with Crippen molar-refractivity contribution in [1.82, 2.24) is 0 Å². The maximum atomic E-state index is 12.1. The van der Waals surface area contributed by atoms with Crippen molar-refractivity contribution in [3.05, 3.63) is 0 Å². The molecule has 1 aliphatic rings. The molecule has 0 bridgehead atoms. The van der Waals surface area contributed by atoms with E-state index in [2.05, 4.69) is 20.8 Å². The molecule has 1 fully saturated rings. The van der Waals surface area contributed by atoms with Crippen molar-refractivity contribution < 1.29 is 9.13 Å². The van der Waals surface area contributed by atoms with Gasteiger partial charge in [0.15, 0.2) is 0 Å². The Morgan fingerprint density at radius 1 is 1.29 bits per heavy atom. The summed E-state index contributed by atoms with van der Waals surface area (Å²) < 4.78 is 17.9. The lowest BCUT2D eigenvalue weighted by molar-refractivity contribution is -0.0811. The van der Waals surface area contributed by atoms with Crippen molar-refractivity contribution >= 4 is 0 Å². The molecule has 2 N–H and O–H groups in total. The Hall–Kier alpha value is -0.150.